The largest absolute Gasteiger partial charge is 0.492 e. The number of rotatable bonds is 7. The molecule has 0 amide bonds. The Bertz CT molecular complexity index is 1490. The lowest BCUT2D eigenvalue weighted by atomic mass is 10.1. The van der Waals surface area contributed by atoms with Crippen molar-refractivity contribution in [2.75, 3.05) is 12.4 Å². The van der Waals surface area contributed by atoms with Crippen LogP contribution < -0.4 is 14.8 Å². The summed E-state index contributed by atoms with van der Waals surface area (Å²) in [5.41, 5.74) is -1.22. The molecule has 2 aromatic heterocycles. The number of hydrogen-bond acceptors (Lipinski definition) is 6. The fourth-order valence-corrected chi connectivity index (χ4v) is 3.94. The van der Waals surface area contributed by atoms with Gasteiger partial charge in [-0.15, -0.1) is 0 Å². The van der Waals surface area contributed by atoms with Gasteiger partial charge < -0.3 is 14.8 Å². The van der Waals surface area contributed by atoms with Crippen LogP contribution in [0.5, 0.6) is 11.6 Å². The lowest BCUT2D eigenvalue weighted by molar-refractivity contribution is 0.0714. The van der Waals surface area contributed by atoms with E-state index in [1.54, 1.807) is 30.3 Å². The number of benzene rings is 2. The summed E-state index contributed by atoms with van der Waals surface area (Å²) in [6.07, 6.45) is 1.11. The number of pyridine rings is 2. The number of methoxy groups -OCH3 is 1. The first-order valence-corrected chi connectivity index (χ1v) is 11.6. The summed E-state index contributed by atoms with van der Waals surface area (Å²) < 4.78 is 55.2. The van der Waals surface area contributed by atoms with Crippen LogP contribution in [-0.2, 0) is 6.54 Å². The summed E-state index contributed by atoms with van der Waals surface area (Å²) in [7, 11) is 1.18. The van der Waals surface area contributed by atoms with Crippen molar-refractivity contribution in [1.82, 2.24) is 9.97 Å². The van der Waals surface area contributed by atoms with Crippen LogP contribution in [0.15, 0.2) is 54.7 Å². The molecule has 0 unspecified atom stereocenters. The topological polar surface area (TPSA) is 73.3 Å². The molecule has 2 heterocycles. The molecule has 2 aromatic carbocycles. The van der Waals surface area contributed by atoms with Crippen molar-refractivity contribution >= 4 is 46.5 Å². The third kappa shape index (κ3) is 5.44. The van der Waals surface area contributed by atoms with E-state index >= 15 is 8.78 Å². The molecule has 0 bridgehead atoms. The van der Waals surface area contributed by atoms with E-state index < -0.39 is 45.7 Å². The summed E-state index contributed by atoms with van der Waals surface area (Å²) in [6, 6.07) is 12.5. The van der Waals surface area contributed by atoms with Gasteiger partial charge in [-0.2, -0.15) is 4.39 Å². The summed E-state index contributed by atoms with van der Waals surface area (Å²) in [5.74, 6) is -5.59. The minimum atomic E-state index is -1.29. The van der Waals surface area contributed by atoms with Gasteiger partial charge in [0, 0.05) is 18.3 Å². The molecule has 0 radical (unpaired) electrons. The second kappa shape index (κ2) is 11.2. The van der Waals surface area contributed by atoms with Gasteiger partial charge in [-0.1, -0.05) is 65.1 Å². The van der Waals surface area contributed by atoms with E-state index in [0.717, 1.165) is 23.9 Å². The summed E-state index contributed by atoms with van der Waals surface area (Å²) in [4.78, 5) is 20.5. The van der Waals surface area contributed by atoms with Gasteiger partial charge in [0.1, 0.15) is 5.69 Å². The molecule has 0 spiro atoms. The SMILES string of the molecule is COc1c(Cl)ccc(-c2nc(C(=O)Oc3nccc(Cl)c3F)c(Cl)c(NCc3ccccc3)c2F)c1F. The molecule has 4 rings (SSSR count). The molecule has 12 heteroatoms. The minimum Gasteiger partial charge on any atom is -0.492 e. The first kappa shape index (κ1) is 26.5. The highest BCUT2D eigenvalue weighted by Gasteiger charge is 2.28. The average molecular weight is 569 g/mol. The smallest absolute Gasteiger partial charge is 0.365 e. The van der Waals surface area contributed by atoms with Crippen molar-refractivity contribution in [3.63, 3.8) is 0 Å². The van der Waals surface area contributed by atoms with Crippen LogP contribution in [0, 0.1) is 17.5 Å². The van der Waals surface area contributed by atoms with E-state index in [4.69, 9.17) is 44.3 Å². The number of aromatic nitrogens is 2. The summed E-state index contributed by atoms with van der Waals surface area (Å²) in [5, 5.41) is 1.90. The Morgan fingerprint density at radius 2 is 1.68 bits per heavy atom. The van der Waals surface area contributed by atoms with Crippen LogP contribution in [0.4, 0.5) is 18.9 Å². The Morgan fingerprint density at radius 1 is 0.946 bits per heavy atom. The highest BCUT2D eigenvalue weighted by Crippen LogP contribution is 2.39. The molecular weight excluding hydrogens is 554 g/mol. The predicted octanol–water partition coefficient (Wildman–Crippen LogP) is 7.36. The van der Waals surface area contributed by atoms with Gasteiger partial charge in [0.2, 0.25) is 5.82 Å². The molecule has 0 aliphatic rings. The minimum absolute atomic E-state index is 0.0670. The van der Waals surface area contributed by atoms with Gasteiger partial charge in [-0.3, -0.25) is 0 Å². The Kier molecular flexibility index (Phi) is 8.06. The molecule has 37 heavy (non-hydrogen) atoms. The molecular formula is C25H15Cl3F3N3O3. The van der Waals surface area contributed by atoms with Gasteiger partial charge in [0.05, 0.1) is 27.9 Å². The number of carbonyl (C=O) groups is 1. The summed E-state index contributed by atoms with van der Waals surface area (Å²) in [6.45, 7) is 0.0896. The zero-order valence-corrected chi connectivity index (χ0v) is 21.1. The Labute approximate surface area is 223 Å². The van der Waals surface area contributed by atoms with Gasteiger partial charge in [-0.05, 0) is 23.8 Å². The van der Waals surface area contributed by atoms with Crippen molar-refractivity contribution in [2.45, 2.75) is 6.54 Å². The van der Waals surface area contributed by atoms with Crippen LogP contribution in [0.25, 0.3) is 11.3 Å². The van der Waals surface area contributed by atoms with Crippen LogP contribution in [0.2, 0.25) is 15.1 Å². The van der Waals surface area contributed by atoms with E-state index in [1.807, 2.05) is 0 Å². The van der Waals surface area contributed by atoms with Gasteiger partial charge in [-0.25, -0.2) is 23.5 Å². The quantitative estimate of drug-likeness (QED) is 0.235. The third-order valence-corrected chi connectivity index (χ3v) is 6.05. The highest BCUT2D eigenvalue weighted by atomic mass is 35.5. The summed E-state index contributed by atoms with van der Waals surface area (Å²) >= 11 is 18.0. The van der Waals surface area contributed by atoms with Crippen molar-refractivity contribution < 1.29 is 27.4 Å². The van der Waals surface area contributed by atoms with E-state index in [0.29, 0.717) is 0 Å². The number of anilines is 1. The maximum absolute atomic E-state index is 15.7. The van der Waals surface area contributed by atoms with E-state index in [-0.39, 0.29) is 33.6 Å². The lowest BCUT2D eigenvalue weighted by Crippen LogP contribution is -2.16. The fraction of sp³-hybridized carbons (Fsp3) is 0.0800. The second-order valence-corrected chi connectivity index (χ2v) is 8.59. The standard InChI is InChI=1S/C25H15Cl3F3N3O3/c1-36-23-15(27)8-7-13(17(23)29)20-19(31)21(33-11-12-5-3-2-4-6-12)16(28)22(34-20)25(35)37-24-18(30)14(26)9-10-32-24/h2-10H,11H2,1H3,(H,33,34). The fourth-order valence-electron chi connectivity index (χ4n) is 3.31. The maximum atomic E-state index is 15.7. The van der Waals surface area contributed by atoms with E-state index in [2.05, 4.69) is 15.3 Å². The first-order chi connectivity index (χ1) is 17.7. The van der Waals surface area contributed by atoms with Crippen LogP contribution in [-0.4, -0.2) is 23.0 Å². The van der Waals surface area contributed by atoms with Crippen molar-refractivity contribution in [3.8, 4) is 22.9 Å². The molecule has 0 aliphatic carbocycles. The number of nitrogens with zero attached hydrogens (tertiary/aromatic N) is 2. The predicted molar refractivity (Wildman–Crippen MR) is 134 cm³/mol. The van der Waals surface area contributed by atoms with E-state index in [1.165, 1.54) is 13.2 Å². The zero-order valence-electron chi connectivity index (χ0n) is 18.8. The molecule has 0 saturated heterocycles. The van der Waals surface area contributed by atoms with Crippen molar-refractivity contribution in [1.29, 1.82) is 0 Å². The van der Waals surface area contributed by atoms with Crippen LogP contribution in [0.1, 0.15) is 16.1 Å². The molecule has 0 atom stereocenters. The van der Waals surface area contributed by atoms with Gasteiger partial charge in [0.15, 0.2) is 23.1 Å². The normalized spacial score (nSPS) is 10.8. The first-order valence-electron chi connectivity index (χ1n) is 10.4. The molecule has 6 nitrogen and oxygen atoms in total. The number of carbonyl (C=O) groups excluding carboxylic acids is 1. The average Bonchev–Trinajstić information content (AvgIpc) is 2.88. The molecule has 1 N–H and O–H groups in total. The number of halogens is 6. The lowest BCUT2D eigenvalue weighted by Gasteiger charge is -2.16. The second-order valence-electron chi connectivity index (χ2n) is 7.39. The van der Waals surface area contributed by atoms with Crippen LogP contribution >= 0.6 is 34.8 Å². The Balaban J connectivity index is 1.85. The highest BCUT2D eigenvalue weighted by molar-refractivity contribution is 6.36. The molecule has 0 aliphatic heterocycles. The van der Waals surface area contributed by atoms with Gasteiger partial charge in [0.25, 0.3) is 5.88 Å². The Morgan fingerprint density at radius 3 is 2.38 bits per heavy atom. The van der Waals surface area contributed by atoms with Crippen LogP contribution in [0.3, 0.4) is 0 Å². The zero-order chi connectivity index (χ0) is 26.7. The number of nitrogens with one attached hydrogen (secondary N) is 1. The third-order valence-electron chi connectivity index (χ3n) is 5.09. The Hall–Kier alpha value is -3.53. The van der Waals surface area contributed by atoms with Gasteiger partial charge >= 0.3 is 5.97 Å². The van der Waals surface area contributed by atoms with E-state index in [9.17, 15) is 9.18 Å². The number of esters is 1. The molecule has 190 valence electrons. The molecule has 0 saturated carbocycles. The number of ether oxygens (including phenoxy) is 2. The monoisotopic (exact) mass is 567 g/mol. The maximum Gasteiger partial charge on any atom is 0.365 e. The van der Waals surface area contributed by atoms with Crippen molar-refractivity contribution in [2.24, 2.45) is 0 Å². The molecule has 0 fully saturated rings. The molecule has 4 aromatic rings. The van der Waals surface area contributed by atoms with Crippen molar-refractivity contribution in [3.05, 3.63) is 98.5 Å². The number of hydrogen-bond donors (Lipinski definition) is 1.